The SMILES string of the molecule is O=C(/C=C/c1ccc(-c2ccccc2[N+](=O)[O-])o1)Nc1ccccc1I. The van der Waals surface area contributed by atoms with Crippen LogP contribution in [0.3, 0.4) is 0 Å². The lowest BCUT2D eigenvalue weighted by atomic mass is 10.1. The summed E-state index contributed by atoms with van der Waals surface area (Å²) in [5.74, 6) is 0.504. The van der Waals surface area contributed by atoms with Crippen LogP contribution in [-0.4, -0.2) is 10.8 Å². The van der Waals surface area contributed by atoms with E-state index in [2.05, 4.69) is 27.9 Å². The summed E-state index contributed by atoms with van der Waals surface area (Å²) >= 11 is 2.14. The molecule has 0 fully saturated rings. The molecule has 3 aromatic rings. The second-order valence-electron chi connectivity index (χ2n) is 5.28. The van der Waals surface area contributed by atoms with E-state index in [0.717, 1.165) is 9.26 Å². The first-order valence-corrected chi connectivity index (χ1v) is 8.69. The van der Waals surface area contributed by atoms with Crippen LogP contribution < -0.4 is 5.32 Å². The van der Waals surface area contributed by atoms with E-state index in [1.54, 1.807) is 30.3 Å². The number of furan rings is 1. The molecule has 3 rings (SSSR count). The number of benzene rings is 2. The maximum Gasteiger partial charge on any atom is 0.280 e. The Labute approximate surface area is 162 Å². The predicted molar refractivity (Wildman–Crippen MR) is 108 cm³/mol. The van der Waals surface area contributed by atoms with Crippen molar-refractivity contribution in [1.29, 1.82) is 0 Å². The zero-order valence-corrected chi connectivity index (χ0v) is 15.5. The van der Waals surface area contributed by atoms with Crippen LogP contribution in [0, 0.1) is 13.7 Å². The average molecular weight is 460 g/mol. The number of anilines is 1. The fourth-order valence-electron chi connectivity index (χ4n) is 2.32. The Morgan fingerprint density at radius 2 is 1.81 bits per heavy atom. The number of carbonyl (C=O) groups is 1. The van der Waals surface area contributed by atoms with Crippen molar-refractivity contribution in [3.8, 4) is 11.3 Å². The third-order valence-electron chi connectivity index (χ3n) is 3.52. The molecule has 0 aliphatic rings. The van der Waals surface area contributed by atoms with E-state index in [4.69, 9.17) is 4.42 Å². The molecule has 6 nitrogen and oxygen atoms in total. The van der Waals surface area contributed by atoms with Crippen LogP contribution in [0.25, 0.3) is 17.4 Å². The highest BCUT2D eigenvalue weighted by Crippen LogP contribution is 2.31. The maximum absolute atomic E-state index is 12.0. The molecule has 1 aromatic heterocycles. The maximum atomic E-state index is 12.0. The molecule has 0 aliphatic heterocycles. The first-order valence-electron chi connectivity index (χ1n) is 7.62. The highest BCUT2D eigenvalue weighted by atomic mass is 127. The van der Waals surface area contributed by atoms with Crippen LogP contribution in [0.2, 0.25) is 0 Å². The number of para-hydroxylation sites is 2. The minimum absolute atomic E-state index is 0.0335. The molecule has 7 heteroatoms. The number of amides is 1. The summed E-state index contributed by atoms with van der Waals surface area (Å²) in [5, 5.41) is 13.9. The van der Waals surface area contributed by atoms with Crippen LogP contribution in [-0.2, 0) is 4.79 Å². The monoisotopic (exact) mass is 460 g/mol. The van der Waals surface area contributed by atoms with Crippen LogP contribution in [0.5, 0.6) is 0 Å². The first kappa shape index (κ1) is 17.9. The van der Waals surface area contributed by atoms with Gasteiger partial charge >= 0.3 is 0 Å². The third-order valence-corrected chi connectivity index (χ3v) is 4.46. The fourth-order valence-corrected chi connectivity index (χ4v) is 2.85. The number of nitrogens with one attached hydrogen (secondary N) is 1. The van der Waals surface area contributed by atoms with Gasteiger partial charge in [-0.2, -0.15) is 0 Å². The van der Waals surface area contributed by atoms with Crippen LogP contribution in [0.15, 0.2) is 71.2 Å². The van der Waals surface area contributed by atoms with Gasteiger partial charge in [0, 0.05) is 15.7 Å². The number of nitrogens with zero attached hydrogens (tertiary/aromatic N) is 1. The molecule has 0 saturated carbocycles. The fraction of sp³-hybridized carbons (Fsp3) is 0. The van der Waals surface area contributed by atoms with Crippen molar-refractivity contribution in [2.75, 3.05) is 5.32 Å². The van der Waals surface area contributed by atoms with E-state index >= 15 is 0 Å². The molecular weight excluding hydrogens is 447 g/mol. The number of nitro groups is 1. The minimum Gasteiger partial charge on any atom is -0.456 e. The number of rotatable bonds is 5. The summed E-state index contributed by atoms with van der Waals surface area (Å²) < 4.78 is 6.55. The van der Waals surface area contributed by atoms with Crippen molar-refractivity contribution in [2.24, 2.45) is 0 Å². The molecule has 0 unspecified atom stereocenters. The number of nitro benzene ring substituents is 1. The van der Waals surface area contributed by atoms with E-state index in [0.29, 0.717) is 17.1 Å². The summed E-state index contributed by atoms with van der Waals surface area (Å²) in [6.45, 7) is 0. The largest absolute Gasteiger partial charge is 0.456 e. The van der Waals surface area contributed by atoms with Gasteiger partial charge in [0.2, 0.25) is 5.91 Å². The number of hydrogen-bond donors (Lipinski definition) is 1. The summed E-state index contributed by atoms with van der Waals surface area (Å²) in [4.78, 5) is 22.7. The van der Waals surface area contributed by atoms with Crippen molar-refractivity contribution in [1.82, 2.24) is 0 Å². The lowest BCUT2D eigenvalue weighted by Gasteiger charge is -2.03. The van der Waals surface area contributed by atoms with Gasteiger partial charge in [-0.05, 0) is 59.0 Å². The second-order valence-corrected chi connectivity index (χ2v) is 6.44. The Bertz CT molecular complexity index is 994. The van der Waals surface area contributed by atoms with Crippen molar-refractivity contribution in [3.05, 3.63) is 86.2 Å². The van der Waals surface area contributed by atoms with Gasteiger partial charge in [-0.1, -0.05) is 24.3 Å². The predicted octanol–water partition coefficient (Wildman–Crippen LogP) is 5.11. The van der Waals surface area contributed by atoms with E-state index in [-0.39, 0.29) is 11.6 Å². The van der Waals surface area contributed by atoms with Gasteiger partial charge in [0.15, 0.2) is 0 Å². The highest BCUT2D eigenvalue weighted by molar-refractivity contribution is 14.1. The molecule has 130 valence electrons. The minimum atomic E-state index is -0.456. The van der Waals surface area contributed by atoms with Gasteiger partial charge in [-0.3, -0.25) is 14.9 Å². The number of halogens is 1. The Balaban J connectivity index is 1.75. The van der Waals surface area contributed by atoms with E-state index in [9.17, 15) is 14.9 Å². The topological polar surface area (TPSA) is 85.4 Å². The normalized spacial score (nSPS) is 10.8. The zero-order chi connectivity index (χ0) is 18.5. The lowest BCUT2D eigenvalue weighted by Crippen LogP contribution is -2.08. The Kier molecular flexibility index (Phi) is 5.47. The standard InChI is InChI=1S/C19H13IN2O4/c20-15-6-2-3-7-16(15)21-19(23)12-10-13-9-11-18(26-13)14-5-1-4-8-17(14)22(24)25/h1-12H,(H,21,23)/b12-10+. The van der Waals surface area contributed by atoms with Crippen LogP contribution in [0.1, 0.15) is 5.76 Å². The molecule has 0 spiro atoms. The zero-order valence-electron chi connectivity index (χ0n) is 13.4. The van der Waals surface area contributed by atoms with E-state index in [1.807, 2.05) is 24.3 Å². The Morgan fingerprint density at radius 1 is 1.08 bits per heavy atom. The van der Waals surface area contributed by atoms with Gasteiger partial charge in [0.25, 0.3) is 5.69 Å². The molecular formula is C19H13IN2O4. The summed E-state index contributed by atoms with van der Waals surface area (Å²) in [5.41, 5.74) is 1.08. The molecule has 0 aliphatic carbocycles. The molecule has 0 bridgehead atoms. The van der Waals surface area contributed by atoms with Crippen molar-refractivity contribution < 1.29 is 14.1 Å². The highest BCUT2D eigenvalue weighted by Gasteiger charge is 2.16. The molecule has 0 saturated heterocycles. The van der Waals surface area contributed by atoms with Gasteiger partial charge in [-0.25, -0.2) is 0 Å². The van der Waals surface area contributed by atoms with Crippen molar-refractivity contribution >= 4 is 45.9 Å². The van der Waals surface area contributed by atoms with Gasteiger partial charge in [0.05, 0.1) is 16.2 Å². The second kappa shape index (κ2) is 7.96. The van der Waals surface area contributed by atoms with Crippen molar-refractivity contribution in [2.45, 2.75) is 0 Å². The summed E-state index contributed by atoms with van der Waals surface area (Å²) in [7, 11) is 0. The smallest absolute Gasteiger partial charge is 0.280 e. The van der Waals surface area contributed by atoms with Crippen LogP contribution >= 0.6 is 22.6 Å². The number of hydrogen-bond acceptors (Lipinski definition) is 4. The van der Waals surface area contributed by atoms with E-state index in [1.165, 1.54) is 18.2 Å². The molecule has 0 radical (unpaired) electrons. The van der Waals surface area contributed by atoms with E-state index < -0.39 is 4.92 Å². The van der Waals surface area contributed by atoms with Gasteiger partial charge in [-0.15, -0.1) is 0 Å². The summed E-state index contributed by atoms with van der Waals surface area (Å²) in [6, 6.07) is 17.1. The van der Waals surface area contributed by atoms with Gasteiger partial charge < -0.3 is 9.73 Å². The molecule has 1 amide bonds. The van der Waals surface area contributed by atoms with Gasteiger partial charge in [0.1, 0.15) is 11.5 Å². The summed E-state index contributed by atoms with van der Waals surface area (Å²) in [6.07, 6.45) is 2.87. The quantitative estimate of drug-likeness (QED) is 0.248. The molecule has 26 heavy (non-hydrogen) atoms. The molecule has 2 aromatic carbocycles. The molecule has 1 heterocycles. The number of carbonyl (C=O) groups excluding carboxylic acids is 1. The van der Waals surface area contributed by atoms with Crippen molar-refractivity contribution in [3.63, 3.8) is 0 Å². The Hall–Kier alpha value is -2.94. The lowest BCUT2D eigenvalue weighted by molar-refractivity contribution is -0.384. The van der Waals surface area contributed by atoms with Crippen LogP contribution in [0.4, 0.5) is 11.4 Å². The molecule has 1 N–H and O–H groups in total. The third kappa shape index (κ3) is 4.17. The first-order chi connectivity index (χ1) is 12.5. The Morgan fingerprint density at radius 3 is 2.58 bits per heavy atom. The average Bonchev–Trinajstić information content (AvgIpc) is 3.11. The molecule has 0 atom stereocenters.